The van der Waals surface area contributed by atoms with Crippen molar-refractivity contribution in [2.24, 2.45) is 0 Å². The summed E-state index contributed by atoms with van der Waals surface area (Å²) in [4.78, 5) is 38.3. The minimum absolute atomic E-state index is 0.0814. The second-order valence-corrected chi connectivity index (χ2v) is 21.3. The lowest BCUT2D eigenvalue weighted by atomic mass is 10.1. The minimum Gasteiger partial charge on any atom is -0.462 e. The van der Waals surface area contributed by atoms with Gasteiger partial charge in [-0.2, -0.15) is 0 Å². The molecule has 0 aliphatic heterocycles. The van der Waals surface area contributed by atoms with Crippen molar-refractivity contribution in [3.8, 4) is 0 Å². The van der Waals surface area contributed by atoms with Crippen LogP contribution >= 0.6 is 0 Å². The molecule has 0 aliphatic carbocycles. The van der Waals surface area contributed by atoms with Crippen molar-refractivity contribution in [2.75, 3.05) is 13.2 Å². The molecule has 0 aromatic carbocycles. The number of carbonyl (C=O) groups excluding carboxylic acids is 3. The molecule has 6 nitrogen and oxygen atoms in total. The van der Waals surface area contributed by atoms with Gasteiger partial charge in [-0.3, -0.25) is 14.4 Å². The third-order valence-electron chi connectivity index (χ3n) is 13.9. The van der Waals surface area contributed by atoms with E-state index in [-0.39, 0.29) is 31.1 Å². The van der Waals surface area contributed by atoms with E-state index in [9.17, 15) is 14.4 Å². The molecule has 0 saturated carbocycles. The summed E-state index contributed by atoms with van der Waals surface area (Å²) in [5.74, 6) is -0.884. The number of esters is 3. The lowest BCUT2D eigenvalue weighted by molar-refractivity contribution is -0.167. The van der Waals surface area contributed by atoms with Crippen LogP contribution in [0, 0.1) is 0 Å². The quantitative estimate of drug-likeness (QED) is 0.0261. The summed E-state index contributed by atoms with van der Waals surface area (Å²) in [5.41, 5.74) is 0. The number of hydrogen-bond donors (Lipinski definition) is 0. The summed E-state index contributed by atoms with van der Waals surface area (Å²) in [5, 5.41) is 0. The van der Waals surface area contributed by atoms with Gasteiger partial charge in [-0.1, -0.05) is 267 Å². The van der Waals surface area contributed by atoms with Crippen LogP contribution < -0.4 is 0 Å². The van der Waals surface area contributed by atoms with Crippen molar-refractivity contribution >= 4 is 17.9 Å². The van der Waals surface area contributed by atoms with Crippen LogP contribution in [0.2, 0.25) is 0 Å². The molecular formula is C68H120O6. The van der Waals surface area contributed by atoms with Crippen molar-refractivity contribution in [2.45, 2.75) is 329 Å². The van der Waals surface area contributed by atoms with E-state index in [2.05, 4.69) is 93.7 Å². The lowest BCUT2D eigenvalue weighted by Gasteiger charge is -2.18. The summed E-state index contributed by atoms with van der Waals surface area (Å²) >= 11 is 0. The molecule has 0 bridgehead atoms. The average molecular weight is 1030 g/mol. The topological polar surface area (TPSA) is 78.9 Å². The predicted molar refractivity (Wildman–Crippen MR) is 321 cm³/mol. The first kappa shape index (κ1) is 70.8. The molecule has 428 valence electrons. The van der Waals surface area contributed by atoms with Crippen molar-refractivity contribution < 1.29 is 28.6 Å². The van der Waals surface area contributed by atoms with Crippen LogP contribution in [0.15, 0.2) is 72.9 Å². The molecule has 0 amide bonds. The molecule has 0 N–H and O–H groups in total. The number of hydrogen-bond acceptors (Lipinski definition) is 6. The van der Waals surface area contributed by atoms with Crippen molar-refractivity contribution in [3.63, 3.8) is 0 Å². The summed E-state index contributed by atoms with van der Waals surface area (Å²) in [6.07, 6.45) is 80.4. The minimum atomic E-state index is -0.784. The van der Waals surface area contributed by atoms with Gasteiger partial charge in [0.15, 0.2) is 6.10 Å². The average Bonchev–Trinajstić information content (AvgIpc) is 3.40. The van der Waals surface area contributed by atoms with Crippen molar-refractivity contribution in [3.05, 3.63) is 72.9 Å². The molecule has 6 heteroatoms. The Morgan fingerprint density at radius 2 is 0.527 bits per heavy atom. The van der Waals surface area contributed by atoms with Gasteiger partial charge in [0.1, 0.15) is 13.2 Å². The Bertz CT molecular complexity index is 1370. The molecular weight excluding hydrogens is 913 g/mol. The molecule has 0 spiro atoms. The third-order valence-corrected chi connectivity index (χ3v) is 13.9. The molecule has 0 aromatic heterocycles. The maximum Gasteiger partial charge on any atom is 0.306 e. The highest BCUT2D eigenvalue weighted by atomic mass is 16.6. The molecule has 74 heavy (non-hydrogen) atoms. The van der Waals surface area contributed by atoms with Gasteiger partial charge in [0.2, 0.25) is 0 Å². The highest BCUT2D eigenvalue weighted by molar-refractivity contribution is 5.71. The van der Waals surface area contributed by atoms with E-state index in [4.69, 9.17) is 14.2 Å². The molecule has 0 rings (SSSR count). The van der Waals surface area contributed by atoms with E-state index in [1.165, 1.54) is 186 Å². The zero-order valence-electron chi connectivity index (χ0n) is 49.1. The van der Waals surface area contributed by atoms with Gasteiger partial charge in [0, 0.05) is 19.3 Å². The number of rotatable bonds is 58. The van der Waals surface area contributed by atoms with Gasteiger partial charge in [0.05, 0.1) is 0 Å². The Morgan fingerprint density at radius 3 is 0.838 bits per heavy atom. The molecule has 0 aromatic rings. The van der Waals surface area contributed by atoms with E-state index in [0.717, 1.165) is 96.3 Å². The molecule has 1 unspecified atom stereocenters. The van der Waals surface area contributed by atoms with E-state index in [1.54, 1.807) is 0 Å². The number of allylic oxidation sites excluding steroid dienone is 12. The van der Waals surface area contributed by atoms with E-state index < -0.39 is 6.10 Å². The van der Waals surface area contributed by atoms with Gasteiger partial charge >= 0.3 is 17.9 Å². The maximum atomic E-state index is 12.9. The zero-order chi connectivity index (χ0) is 53.6. The Hall–Kier alpha value is -3.15. The van der Waals surface area contributed by atoms with Crippen LogP contribution in [0.4, 0.5) is 0 Å². The summed E-state index contributed by atoms with van der Waals surface area (Å²) in [6.45, 7) is 6.54. The largest absolute Gasteiger partial charge is 0.462 e. The Morgan fingerprint density at radius 1 is 0.284 bits per heavy atom. The second-order valence-electron chi connectivity index (χ2n) is 21.3. The Labute approximate surface area is 459 Å². The van der Waals surface area contributed by atoms with Crippen molar-refractivity contribution in [1.29, 1.82) is 0 Å². The molecule has 0 fully saturated rings. The lowest BCUT2D eigenvalue weighted by Crippen LogP contribution is -2.30. The van der Waals surface area contributed by atoms with Crippen LogP contribution in [0.1, 0.15) is 323 Å². The third kappa shape index (κ3) is 59.7. The van der Waals surface area contributed by atoms with E-state index in [1.807, 2.05) is 0 Å². The first-order valence-corrected chi connectivity index (χ1v) is 31.9. The van der Waals surface area contributed by atoms with Crippen molar-refractivity contribution in [1.82, 2.24) is 0 Å². The predicted octanol–water partition coefficient (Wildman–Crippen LogP) is 21.7. The van der Waals surface area contributed by atoms with Gasteiger partial charge < -0.3 is 14.2 Å². The molecule has 0 aliphatic rings. The second kappa shape index (κ2) is 62.4. The summed E-state index contributed by atoms with van der Waals surface area (Å²) in [7, 11) is 0. The molecule has 0 radical (unpaired) electrons. The highest BCUT2D eigenvalue weighted by Crippen LogP contribution is 2.16. The number of carbonyl (C=O) groups is 3. The fourth-order valence-electron chi connectivity index (χ4n) is 9.13. The van der Waals surface area contributed by atoms with Gasteiger partial charge in [0.25, 0.3) is 0 Å². The smallest absolute Gasteiger partial charge is 0.306 e. The van der Waals surface area contributed by atoms with E-state index in [0.29, 0.717) is 19.3 Å². The molecule has 1 atom stereocenters. The van der Waals surface area contributed by atoms with Crippen LogP contribution in [0.3, 0.4) is 0 Å². The first-order chi connectivity index (χ1) is 36.5. The van der Waals surface area contributed by atoms with E-state index >= 15 is 0 Å². The molecule has 0 saturated heterocycles. The maximum absolute atomic E-state index is 12.9. The van der Waals surface area contributed by atoms with Gasteiger partial charge in [-0.05, 0) is 109 Å². The standard InChI is InChI=1S/C68H120O6/c1-4-7-10-13-16-19-22-25-28-31-33-34-36-37-40-43-46-49-52-55-58-61-67(70)73-64-65(63-72-66(69)60-57-54-51-48-45-42-39-30-27-24-21-18-15-12-9-6-3)74-68(71)62-59-56-53-50-47-44-41-38-35-32-29-26-23-20-17-14-11-8-5-2/h7,10,16,19,25-26,28-30,33-34,39,65H,4-6,8-9,11-15,17-18,20-24,27,31-32,35-38,40-64H2,1-3H3/b10-7-,19-16-,28-25-,29-26-,34-33-,39-30-. The number of ether oxygens (including phenoxy) is 3. The molecule has 0 heterocycles. The zero-order valence-corrected chi connectivity index (χ0v) is 49.1. The fraction of sp³-hybridized carbons (Fsp3) is 0.779. The highest BCUT2D eigenvalue weighted by Gasteiger charge is 2.19. The first-order valence-electron chi connectivity index (χ1n) is 31.9. The van der Waals surface area contributed by atoms with Crippen LogP contribution in [-0.2, 0) is 28.6 Å². The normalized spacial score (nSPS) is 12.5. The Kier molecular flexibility index (Phi) is 59.7. The fourth-order valence-corrected chi connectivity index (χ4v) is 9.13. The van der Waals surface area contributed by atoms with Crippen LogP contribution in [0.25, 0.3) is 0 Å². The monoisotopic (exact) mass is 1030 g/mol. The van der Waals surface area contributed by atoms with Gasteiger partial charge in [-0.25, -0.2) is 0 Å². The van der Waals surface area contributed by atoms with Crippen LogP contribution in [-0.4, -0.2) is 37.2 Å². The van der Waals surface area contributed by atoms with Crippen LogP contribution in [0.5, 0.6) is 0 Å². The summed E-state index contributed by atoms with van der Waals surface area (Å²) in [6, 6.07) is 0. The Balaban J connectivity index is 4.38. The summed E-state index contributed by atoms with van der Waals surface area (Å²) < 4.78 is 16.9. The van der Waals surface area contributed by atoms with Gasteiger partial charge in [-0.15, -0.1) is 0 Å². The number of unbranched alkanes of at least 4 members (excludes halogenated alkanes) is 35. The SMILES string of the molecule is CC/C=C\C/C=C\C/C=C\C/C=C\CCCCCCCCCCC(=O)OCC(COC(=O)CCCCCCC/C=C\CCCCCCCCC)OC(=O)CCCCCCCCCCC/C=C\CCCCCCCC.